The fourth-order valence-electron chi connectivity index (χ4n) is 1.47. The molecule has 0 bridgehead atoms. The normalized spacial score (nSPS) is 25.5. The number of hydrogen-bond acceptors (Lipinski definition) is 4. The van der Waals surface area contributed by atoms with Crippen LogP contribution < -0.4 is 5.32 Å². The van der Waals surface area contributed by atoms with Gasteiger partial charge in [0.15, 0.2) is 5.79 Å². The summed E-state index contributed by atoms with van der Waals surface area (Å²) in [6, 6.07) is 0. The van der Waals surface area contributed by atoms with Crippen LogP contribution in [-0.4, -0.2) is 43.6 Å². The Balaban J connectivity index is 1.98. The van der Waals surface area contributed by atoms with E-state index in [0.717, 1.165) is 13.1 Å². The van der Waals surface area contributed by atoms with E-state index in [-0.39, 0.29) is 11.9 Å². The first-order chi connectivity index (χ1) is 6.64. The van der Waals surface area contributed by atoms with Crippen LogP contribution in [0.2, 0.25) is 0 Å². The Bertz CT molecular complexity index is 164. The monoisotopic (exact) mass is 219 g/mol. The highest BCUT2D eigenvalue weighted by molar-refractivity contribution is 7.98. The Morgan fingerprint density at radius 1 is 1.50 bits per heavy atom. The predicted octanol–water partition coefficient (Wildman–Crippen LogP) is 1.48. The van der Waals surface area contributed by atoms with E-state index in [1.165, 1.54) is 12.2 Å². The molecule has 3 nitrogen and oxygen atoms in total. The van der Waals surface area contributed by atoms with Gasteiger partial charge in [0.05, 0.1) is 12.7 Å². The van der Waals surface area contributed by atoms with E-state index in [1.807, 2.05) is 25.6 Å². The van der Waals surface area contributed by atoms with Gasteiger partial charge >= 0.3 is 0 Å². The highest BCUT2D eigenvalue weighted by Gasteiger charge is 2.31. The molecule has 0 amide bonds. The van der Waals surface area contributed by atoms with Gasteiger partial charge in [-0.2, -0.15) is 11.8 Å². The summed E-state index contributed by atoms with van der Waals surface area (Å²) in [4.78, 5) is 0. The molecule has 1 rings (SSSR count). The van der Waals surface area contributed by atoms with Gasteiger partial charge in [0.1, 0.15) is 0 Å². The average molecular weight is 219 g/mol. The average Bonchev–Trinajstić information content (AvgIpc) is 2.45. The van der Waals surface area contributed by atoms with Gasteiger partial charge in [-0.25, -0.2) is 0 Å². The third-order valence-corrected chi connectivity index (χ3v) is 2.84. The van der Waals surface area contributed by atoms with Gasteiger partial charge in [-0.15, -0.1) is 0 Å². The summed E-state index contributed by atoms with van der Waals surface area (Å²) >= 11 is 1.89. The maximum Gasteiger partial charge on any atom is 0.163 e. The molecule has 1 N–H and O–H groups in total. The Labute approximate surface area is 90.9 Å². The van der Waals surface area contributed by atoms with Gasteiger partial charge in [-0.1, -0.05) is 0 Å². The first kappa shape index (κ1) is 12.3. The van der Waals surface area contributed by atoms with Gasteiger partial charge in [0.25, 0.3) is 0 Å². The van der Waals surface area contributed by atoms with Crippen LogP contribution in [0, 0.1) is 0 Å². The van der Waals surface area contributed by atoms with Crippen LogP contribution in [0.3, 0.4) is 0 Å². The summed E-state index contributed by atoms with van der Waals surface area (Å²) in [5, 5.41) is 3.38. The van der Waals surface area contributed by atoms with Crippen molar-refractivity contribution in [3.63, 3.8) is 0 Å². The fraction of sp³-hybridized carbons (Fsp3) is 1.00. The summed E-state index contributed by atoms with van der Waals surface area (Å²) < 4.78 is 11.1. The summed E-state index contributed by atoms with van der Waals surface area (Å²) in [6.45, 7) is 6.60. The lowest BCUT2D eigenvalue weighted by Crippen LogP contribution is -2.31. The van der Waals surface area contributed by atoms with Crippen molar-refractivity contribution in [1.29, 1.82) is 0 Å². The van der Waals surface area contributed by atoms with E-state index in [0.29, 0.717) is 6.61 Å². The van der Waals surface area contributed by atoms with Crippen molar-refractivity contribution >= 4 is 11.8 Å². The molecule has 0 aromatic carbocycles. The van der Waals surface area contributed by atoms with Gasteiger partial charge in [0, 0.05) is 6.54 Å². The smallest absolute Gasteiger partial charge is 0.163 e. The van der Waals surface area contributed by atoms with Crippen molar-refractivity contribution in [3.8, 4) is 0 Å². The van der Waals surface area contributed by atoms with Crippen molar-refractivity contribution < 1.29 is 9.47 Å². The van der Waals surface area contributed by atoms with Gasteiger partial charge < -0.3 is 14.8 Å². The van der Waals surface area contributed by atoms with E-state index in [9.17, 15) is 0 Å². The Kier molecular flexibility index (Phi) is 5.23. The molecule has 0 saturated carbocycles. The second kappa shape index (κ2) is 5.95. The van der Waals surface area contributed by atoms with E-state index in [2.05, 4.69) is 11.6 Å². The SMILES string of the molecule is CSCCCNCC1COC(C)(C)O1. The molecule has 0 aromatic heterocycles. The minimum atomic E-state index is -0.383. The van der Waals surface area contributed by atoms with E-state index in [4.69, 9.17) is 9.47 Å². The summed E-state index contributed by atoms with van der Waals surface area (Å²) in [5.74, 6) is 0.839. The fourth-order valence-corrected chi connectivity index (χ4v) is 1.90. The molecule has 0 aliphatic carbocycles. The molecule has 1 fully saturated rings. The molecule has 1 aliphatic heterocycles. The zero-order valence-electron chi connectivity index (χ0n) is 9.34. The van der Waals surface area contributed by atoms with Crippen LogP contribution in [0.25, 0.3) is 0 Å². The molecular weight excluding hydrogens is 198 g/mol. The maximum absolute atomic E-state index is 5.67. The molecule has 1 unspecified atom stereocenters. The second-order valence-electron chi connectivity index (χ2n) is 4.00. The third-order valence-electron chi connectivity index (χ3n) is 2.14. The highest BCUT2D eigenvalue weighted by atomic mass is 32.2. The van der Waals surface area contributed by atoms with Crippen molar-refractivity contribution in [3.05, 3.63) is 0 Å². The summed E-state index contributed by atoms with van der Waals surface area (Å²) in [5.41, 5.74) is 0. The van der Waals surface area contributed by atoms with Crippen molar-refractivity contribution in [2.75, 3.05) is 31.7 Å². The summed E-state index contributed by atoms with van der Waals surface area (Å²) in [7, 11) is 0. The quantitative estimate of drug-likeness (QED) is 0.686. The van der Waals surface area contributed by atoms with Crippen LogP contribution in [0.1, 0.15) is 20.3 Å². The van der Waals surface area contributed by atoms with Crippen molar-refractivity contribution in [1.82, 2.24) is 5.32 Å². The minimum absolute atomic E-state index is 0.222. The molecule has 1 aliphatic rings. The Morgan fingerprint density at radius 3 is 2.86 bits per heavy atom. The Hall–Kier alpha value is 0.230. The number of hydrogen-bond donors (Lipinski definition) is 1. The van der Waals surface area contributed by atoms with Gasteiger partial charge in [0.2, 0.25) is 0 Å². The molecule has 84 valence electrons. The van der Waals surface area contributed by atoms with Crippen molar-refractivity contribution in [2.24, 2.45) is 0 Å². The molecule has 4 heteroatoms. The molecule has 1 saturated heterocycles. The second-order valence-corrected chi connectivity index (χ2v) is 4.99. The lowest BCUT2D eigenvalue weighted by molar-refractivity contribution is -0.137. The van der Waals surface area contributed by atoms with E-state index in [1.54, 1.807) is 0 Å². The highest BCUT2D eigenvalue weighted by Crippen LogP contribution is 2.21. The molecule has 1 heterocycles. The lowest BCUT2D eigenvalue weighted by atomic mass is 10.3. The largest absolute Gasteiger partial charge is 0.348 e. The standard InChI is InChI=1S/C10H21NO2S/c1-10(2)12-8-9(13-10)7-11-5-4-6-14-3/h9,11H,4-8H2,1-3H3. The molecule has 14 heavy (non-hydrogen) atoms. The molecule has 0 spiro atoms. The zero-order chi connectivity index (χ0) is 10.4. The van der Waals surface area contributed by atoms with Crippen LogP contribution in [0.15, 0.2) is 0 Å². The molecule has 0 radical (unpaired) electrons. The van der Waals surface area contributed by atoms with Gasteiger partial charge in [-0.05, 0) is 38.8 Å². The summed E-state index contributed by atoms with van der Waals surface area (Å²) in [6.07, 6.45) is 3.58. The van der Waals surface area contributed by atoms with Gasteiger partial charge in [-0.3, -0.25) is 0 Å². The maximum atomic E-state index is 5.67. The van der Waals surface area contributed by atoms with Crippen molar-refractivity contribution in [2.45, 2.75) is 32.2 Å². The van der Waals surface area contributed by atoms with Crippen LogP contribution in [0.4, 0.5) is 0 Å². The van der Waals surface area contributed by atoms with E-state index >= 15 is 0 Å². The lowest BCUT2D eigenvalue weighted by Gasteiger charge is -2.17. The van der Waals surface area contributed by atoms with Crippen LogP contribution in [-0.2, 0) is 9.47 Å². The zero-order valence-corrected chi connectivity index (χ0v) is 10.2. The molecule has 1 atom stereocenters. The number of nitrogens with one attached hydrogen (secondary N) is 1. The molecular formula is C10H21NO2S. The Morgan fingerprint density at radius 2 is 2.29 bits per heavy atom. The molecule has 0 aromatic rings. The minimum Gasteiger partial charge on any atom is -0.348 e. The number of ether oxygens (including phenoxy) is 2. The van der Waals surface area contributed by atoms with Crippen LogP contribution in [0.5, 0.6) is 0 Å². The first-order valence-electron chi connectivity index (χ1n) is 5.15. The third kappa shape index (κ3) is 4.64. The predicted molar refractivity (Wildman–Crippen MR) is 60.8 cm³/mol. The topological polar surface area (TPSA) is 30.5 Å². The number of thioether (sulfide) groups is 1. The number of rotatable bonds is 6. The first-order valence-corrected chi connectivity index (χ1v) is 6.55. The van der Waals surface area contributed by atoms with Crippen LogP contribution >= 0.6 is 11.8 Å². The van der Waals surface area contributed by atoms with E-state index < -0.39 is 0 Å².